The molecule has 1 aliphatic heterocycles. The van der Waals surface area contributed by atoms with E-state index in [1.807, 2.05) is 65.6 Å². The standard InChI is InChI=1S/C26H27NO2S/c1-2-3-17-24-25(28)27(19-20-11-6-4-7-12-20)26(30-24)21-13-10-16-23(18-21)29-22-14-8-5-9-15-22/h4-16,18,24,26H,2-3,17,19H2,1H3. The lowest BCUT2D eigenvalue weighted by atomic mass is 10.1. The van der Waals surface area contributed by atoms with Crippen molar-refractivity contribution in [3.05, 3.63) is 96.1 Å². The molecule has 2 atom stereocenters. The molecule has 0 saturated carbocycles. The van der Waals surface area contributed by atoms with E-state index in [0.29, 0.717) is 6.54 Å². The van der Waals surface area contributed by atoms with E-state index in [2.05, 4.69) is 31.2 Å². The summed E-state index contributed by atoms with van der Waals surface area (Å²) in [6.45, 7) is 2.80. The van der Waals surface area contributed by atoms with Crippen LogP contribution in [0.2, 0.25) is 0 Å². The normalized spacial score (nSPS) is 18.6. The number of amides is 1. The molecule has 1 saturated heterocycles. The van der Waals surface area contributed by atoms with Gasteiger partial charge in [-0.15, -0.1) is 11.8 Å². The summed E-state index contributed by atoms with van der Waals surface area (Å²) in [5, 5.41) is 0.0243. The summed E-state index contributed by atoms with van der Waals surface area (Å²) >= 11 is 1.77. The zero-order chi connectivity index (χ0) is 20.8. The fraction of sp³-hybridized carbons (Fsp3) is 0.269. The highest BCUT2D eigenvalue weighted by molar-refractivity contribution is 8.01. The van der Waals surface area contributed by atoms with Crippen LogP contribution in [-0.4, -0.2) is 16.1 Å². The highest BCUT2D eigenvalue weighted by atomic mass is 32.2. The minimum Gasteiger partial charge on any atom is -0.457 e. The Kier molecular flexibility index (Phi) is 6.75. The number of para-hydroxylation sites is 1. The molecule has 1 fully saturated rings. The molecule has 3 aromatic carbocycles. The van der Waals surface area contributed by atoms with Crippen molar-refractivity contribution in [2.24, 2.45) is 0 Å². The summed E-state index contributed by atoms with van der Waals surface area (Å²) in [5.74, 6) is 1.85. The van der Waals surface area contributed by atoms with Crippen molar-refractivity contribution in [3.8, 4) is 11.5 Å². The lowest BCUT2D eigenvalue weighted by molar-refractivity contribution is -0.130. The minimum absolute atomic E-state index is 0.00103. The number of carbonyl (C=O) groups is 1. The maximum Gasteiger partial charge on any atom is 0.237 e. The van der Waals surface area contributed by atoms with Crippen molar-refractivity contribution in [2.75, 3.05) is 0 Å². The number of ether oxygens (including phenoxy) is 1. The molecule has 30 heavy (non-hydrogen) atoms. The predicted molar refractivity (Wildman–Crippen MR) is 124 cm³/mol. The van der Waals surface area contributed by atoms with Gasteiger partial charge in [0.05, 0.1) is 5.25 Å². The Bertz CT molecular complexity index is 961. The molecule has 4 heteroatoms. The van der Waals surface area contributed by atoms with E-state index in [1.54, 1.807) is 11.8 Å². The van der Waals surface area contributed by atoms with Crippen molar-refractivity contribution >= 4 is 17.7 Å². The molecular weight excluding hydrogens is 390 g/mol. The van der Waals surface area contributed by atoms with Gasteiger partial charge in [0.25, 0.3) is 0 Å². The first-order valence-corrected chi connectivity index (χ1v) is 11.5. The predicted octanol–water partition coefficient (Wildman–Crippen LogP) is 6.81. The number of benzene rings is 3. The fourth-order valence-electron chi connectivity index (χ4n) is 3.72. The molecule has 0 N–H and O–H groups in total. The molecule has 154 valence electrons. The number of hydrogen-bond acceptors (Lipinski definition) is 3. The molecule has 3 nitrogen and oxygen atoms in total. The Balaban J connectivity index is 1.59. The first-order chi connectivity index (χ1) is 14.7. The Morgan fingerprint density at radius 2 is 1.60 bits per heavy atom. The van der Waals surface area contributed by atoms with Gasteiger partial charge in [-0.3, -0.25) is 4.79 Å². The highest BCUT2D eigenvalue weighted by Crippen LogP contribution is 2.46. The van der Waals surface area contributed by atoms with Crippen LogP contribution >= 0.6 is 11.8 Å². The highest BCUT2D eigenvalue weighted by Gasteiger charge is 2.40. The van der Waals surface area contributed by atoms with Crippen LogP contribution in [0.15, 0.2) is 84.9 Å². The molecule has 0 radical (unpaired) electrons. The lowest BCUT2D eigenvalue weighted by Gasteiger charge is -2.24. The van der Waals surface area contributed by atoms with Crippen LogP contribution in [0.1, 0.15) is 42.7 Å². The zero-order valence-corrected chi connectivity index (χ0v) is 18.1. The second kappa shape index (κ2) is 9.86. The molecular formula is C26H27NO2S. The van der Waals surface area contributed by atoms with Gasteiger partial charge in [0.1, 0.15) is 16.9 Å². The summed E-state index contributed by atoms with van der Waals surface area (Å²) in [4.78, 5) is 15.3. The summed E-state index contributed by atoms with van der Waals surface area (Å²) in [7, 11) is 0. The van der Waals surface area contributed by atoms with Crippen LogP contribution in [0.25, 0.3) is 0 Å². The van der Waals surface area contributed by atoms with E-state index in [4.69, 9.17) is 4.74 Å². The number of carbonyl (C=O) groups excluding carboxylic acids is 1. The summed E-state index contributed by atoms with van der Waals surface area (Å²) < 4.78 is 6.04. The van der Waals surface area contributed by atoms with Gasteiger partial charge in [0.15, 0.2) is 0 Å². The maximum absolute atomic E-state index is 13.2. The van der Waals surface area contributed by atoms with Crippen LogP contribution in [0.4, 0.5) is 0 Å². The number of rotatable bonds is 8. The van der Waals surface area contributed by atoms with Crippen molar-refractivity contribution in [2.45, 2.75) is 43.4 Å². The third kappa shape index (κ3) is 4.88. The van der Waals surface area contributed by atoms with Gasteiger partial charge in [-0.25, -0.2) is 0 Å². The molecule has 1 amide bonds. The summed E-state index contributed by atoms with van der Waals surface area (Å²) in [6.07, 6.45) is 3.11. The van der Waals surface area contributed by atoms with Crippen molar-refractivity contribution in [1.29, 1.82) is 0 Å². The molecule has 0 aromatic heterocycles. The van der Waals surface area contributed by atoms with E-state index in [-0.39, 0.29) is 16.5 Å². The molecule has 2 unspecified atom stereocenters. The average molecular weight is 418 g/mol. The summed E-state index contributed by atoms with van der Waals surface area (Å²) in [6, 6.07) is 28.2. The second-order valence-corrected chi connectivity index (χ2v) is 8.85. The quantitative estimate of drug-likeness (QED) is 0.403. The van der Waals surface area contributed by atoms with Crippen molar-refractivity contribution < 1.29 is 9.53 Å². The Hall–Kier alpha value is -2.72. The third-order valence-corrected chi connectivity index (χ3v) is 6.82. The molecule has 1 aliphatic rings. The number of unbranched alkanes of at least 4 members (excludes halogenated alkanes) is 1. The fourth-order valence-corrected chi connectivity index (χ4v) is 5.22. The number of thioether (sulfide) groups is 1. The molecule has 0 spiro atoms. The summed E-state index contributed by atoms with van der Waals surface area (Å²) in [5.41, 5.74) is 2.26. The largest absolute Gasteiger partial charge is 0.457 e. The van der Waals surface area contributed by atoms with Crippen molar-refractivity contribution in [3.63, 3.8) is 0 Å². The number of nitrogens with zero attached hydrogens (tertiary/aromatic N) is 1. The molecule has 4 rings (SSSR count). The van der Waals surface area contributed by atoms with Crippen LogP contribution in [0.3, 0.4) is 0 Å². The first kappa shape index (κ1) is 20.5. The van der Waals surface area contributed by atoms with Gasteiger partial charge in [-0.05, 0) is 41.8 Å². The smallest absolute Gasteiger partial charge is 0.237 e. The minimum atomic E-state index is -0.00103. The van der Waals surface area contributed by atoms with Gasteiger partial charge in [-0.1, -0.05) is 80.4 Å². The van der Waals surface area contributed by atoms with Crippen LogP contribution in [0.5, 0.6) is 11.5 Å². The molecule has 3 aromatic rings. The van der Waals surface area contributed by atoms with Crippen LogP contribution in [0, 0.1) is 0 Å². The Morgan fingerprint density at radius 1 is 0.900 bits per heavy atom. The topological polar surface area (TPSA) is 29.5 Å². The van der Waals surface area contributed by atoms with E-state index in [9.17, 15) is 4.79 Å². The van der Waals surface area contributed by atoms with E-state index < -0.39 is 0 Å². The van der Waals surface area contributed by atoms with Crippen LogP contribution < -0.4 is 4.74 Å². The van der Waals surface area contributed by atoms with E-state index >= 15 is 0 Å². The van der Waals surface area contributed by atoms with Gasteiger partial charge in [-0.2, -0.15) is 0 Å². The monoisotopic (exact) mass is 417 g/mol. The lowest BCUT2D eigenvalue weighted by Crippen LogP contribution is -2.30. The van der Waals surface area contributed by atoms with E-state index in [0.717, 1.165) is 41.9 Å². The average Bonchev–Trinajstić information content (AvgIpc) is 3.09. The third-order valence-electron chi connectivity index (χ3n) is 5.27. The maximum atomic E-state index is 13.2. The van der Waals surface area contributed by atoms with Gasteiger partial charge in [0, 0.05) is 6.54 Å². The Morgan fingerprint density at radius 3 is 2.33 bits per heavy atom. The van der Waals surface area contributed by atoms with Gasteiger partial charge in [0.2, 0.25) is 5.91 Å². The SMILES string of the molecule is CCCCC1SC(c2cccc(Oc3ccccc3)c2)N(Cc2ccccc2)C1=O. The van der Waals surface area contributed by atoms with Crippen LogP contribution in [-0.2, 0) is 11.3 Å². The molecule has 1 heterocycles. The Labute approximate surface area is 183 Å². The first-order valence-electron chi connectivity index (χ1n) is 10.6. The van der Waals surface area contributed by atoms with Gasteiger partial charge >= 0.3 is 0 Å². The van der Waals surface area contributed by atoms with Gasteiger partial charge < -0.3 is 9.64 Å². The number of hydrogen-bond donors (Lipinski definition) is 0. The van der Waals surface area contributed by atoms with Crippen molar-refractivity contribution in [1.82, 2.24) is 4.90 Å². The second-order valence-electron chi connectivity index (χ2n) is 7.56. The zero-order valence-electron chi connectivity index (χ0n) is 17.2. The van der Waals surface area contributed by atoms with E-state index in [1.165, 1.54) is 0 Å². The molecule has 0 aliphatic carbocycles. The molecule has 0 bridgehead atoms.